The molecule has 0 aliphatic carbocycles. The van der Waals surface area contributed by atoms with Crippen LogP contribution in [-0.2, 0) is 17.7 Å². The Morgan fingerprint density at radius 3 is 2.00 bits per heavy atom. The second-order valence-electron chi connectivity index (χ2n) is 5.31. The molecular weight excluding hydrogens is 369 g/mol. The van der Waals surface area contributed by atoms with Crippen LogP contribution < -0.4 is 0 Å². The van der Waals surface area contributed by atoms with E-state index in [1.54, 1.807) is 4.90 Å². The van der Waals surface area contributed by atoms with E-state index in [4.69, 9.17) is 39.5 Å². The molecule has 0 radical (unpaired) electrons. The van der Waals surface area contributed by atoms with Crippen molar-refractivity contribution in [1.29, 1.82) is 0 Å². The van der Waals surface area contributed by atoms with E-state index in [0.717, 1.165) is 17.5 Å². The standard InChI is InChI=1S/C18H18Cl3NO2/c19-18(20,21)14-24-17(23)22(13-16-9-5-2-6-10-16)12-11-15-7-3-1-4-8-15/h1-10H,11-14H2. The van der Waals surface area contributed by atoms with Crippen molar-refractivity contribution in [2.75, 3.05) is 13.2 Å². The Bertz CT molecular complexity index is 630. The number of ether oxygens (including phenoxy) is 1. The van der Waals surface area contributed by atoms with Crippen LogP contribution in [0.25, 0.3) is 0 Å². The van der Waals surface area contributed by atoms with Gasteiger partial charge in [-0.25, -0.2) is 4.79 Å². The molecule has 0 aliphatic heterocycles. The molecule has 128 valence electrons. The van der Waals surface area contributed by atoms with Gasteiger partial charge in [-0.2, -0.15) is 0 Å². The lowest BCUT2D eigenvalue weighted by atomic mass is 10.1. The van der Waals surface area contributed by atoms with E-state index in [0.29, 0.717) is 13.1 Å². The fourth-order valence-corrected chi connectivity index (χ4v) is 2.35. The third kappa shape index (κ3) is 7.00. The highest BCUT2D eigenvalue weighted by Crippen LogP contribution is 2.26. The van der Waals surface area contributed by atoms with Crippen LogP contribution in [0.1, 0.15) is 11.1 Å². The summed E-state index contributed by atoms with van der Waals surface area (Å²) >= 11 is 17.0. The summed E-state index contributed by atoms with van der Waals surface area (Å²) in [5.41, 5.74) is 2.15. The molecule has 0 atom stereocenters. The molecule has 2 aromatic rings. The van der Waals surface area contributed by atoms with Gasteiger partial charge in [0.05, 0.1) is 0 Å². The maximum atomic E-state index is 12.3. The minimum Gasteiger partial charge on any atom is -0.445 e. The first kappa shape index (κ1) is 18.9. The highest BCUT2D eigenvalue weighted by molar-refractivity contribution is 6.67. The van der Waals surface area contributed by atoms with E-state index in [2.05, 4.69) is 0 Å². The van der Waals surface area contributed by atoms with Gasteiger partial charge in [0, 0.05) is 13.1 Å². The Hall–Kier alpha value is -1.42. The van der Waals surface area contributed by atoms with E-state index in [1.807, 2.05) is 60.7 Å². The lowest BCUT2D eigenvalue weighted by Gasteiger charge is -2.23. The molecule has 2 aromatic carbocycles. The van der Waals surface area contributed by atoms with Crippen LogP contribution in [0.3, 0.4) is 0 Å². The van der Waals surface area contributed by atoms with Gasteiger partial charge in [-0.15, -0.1) is 0 Å². The zero-order valence-corrected chi connectivity index (χ0v) is 15.3. The van der Waals surface area contributed by atoms with E-state index >= 15 is 0 Å². The molecule has 6 heteroatoms. The summed E-state index contributed by atoms with van der Waals surface area (Å²) in [5.74, 6) is 0. The van der Waals surface area contributed by atoms with Crippen molar-refractivity contribution in [1.82, 2.24) is 4.90 Å². The number of rotatable bonds is 6. The van der Waals surface area contributed by atoms with Crippen LogP contribution in [0, 0.1) is 0 Å². The number of carbonyl (C=O) groups is 1. The zero-order chi connectivity index (χ0) is 17.4. The topological polar surface area (TPSA) is 29.5 Å². The first-order valence-electron chi connectivity index (χ1n) is 7.50. The number of hydrogen-bond donors (Lipinski definition) is 0. The predicted molar refractivity (Wildman–Crippen MR) is 98.6 cm³/mol. The van der Waals surface area contributed by atoms with Crippen LogP contribution in [0.2, 0.25) is 0 Å². The molecule has 0 fully saturated rings. The highest BCUT2D eigenvalue weighted by Gasteiger charge is 2.24. The minimum atomic E-state index is -1.62. The molecule has 0 heterocycles. The van der Waals surface area contributed by atoms with Crippen LogP contribution in [0.4, 0.5) is 4.79 Å². The van der Waals surface area contributed by atoms with Crippen molar-refractivity contribution in [3.63, 3.8) is 0 Å². The molecule has 3 nitrogen and oxygen atoms in total. The molecule has 0 unspecified atom stereocenters. The third-order valence-electron chi connectivity index (χ3n) is 3.35. The first-order chi connectivity index (χ1) is 11.4. The van der Waals surface area contributed by atoms with E-state index in [-0.39, 0.29) is 6.61 Å². The number of alkyl halides is 3. The van der Waals surface area contributed by atoms with Crippen LogP contribution in [-0.4, -0.2) is 27.9 Å². The SMILES string of the molecule is O=C(OCC(Cl)(Cl)Cl)N(CCc1ccccc1)Cc1ccccc1. The molecule has 0 saturated carbocycles. The number of nitrogens with zero attached hydrogens (tertiary/aromatic N) is 1. The van der Waals surface area contributed by atoms with Gasteiger partial charge in [0.25, 0.3) is 0 Å². The Morgan fingerprint density at radius 2 is 1.46 bits per heavy atom. The minimum absolute atomic E-state index is 0.285. The largest absolute Gasteiger partial charge is 0.445 e. The van der Waals surface area contributed by atoms with Crippen molar-refractivity contribution in [3.05, 3.63) is 71.8 Å². The Balaban J connectivity index is 2.01. The van der Waals surface area contributed by atoms with Gasteiger partial charge in [-0.1, -0.05) is 95.5 Å². The Kier molecular flexibility index (Phi) is 7.22. The summed E-state index contributed by atoms with van der Waals surface area (Å²) in [4.78, 5) is 14.0. The Labute approximate surface area is 157 Å². The summed E-state index contributed by atoms with van der Waals surface area (Å²) in [6.45, 7) is 0.664. The molecule has 1 amide bonds. The normalized spacial score (nSPS) is 11.1. The maximum Gasteiger partial charge on any atom is 0.410 e. The van der Waals surface area contributed by atoms with Crippen molar-refractivity contribution < 1.29 is 9.53 Å². The van der Waals surface area contributed by atoms with Crippen LogP contribution in [0.15, 0.2) is 60.7 Å². The smallest absolute Gasteiger partial charge is 0.410 e. The second-order valence-corrected chi connectivity index (χ2v) is 7.83. The van der Waals surface area contributed by atoms with Crippen molar-refractivity contribution in [2.24, 2.45) is 0 Å². The number of amides is 1. The number of benzene rings is 2. The molecule has 0 saturated heterocycles. The third-order valence-corrected chi connectivity index (χ3v) is 3.67. The summed E-state index contributed by atoms with van der Waals surface area (Å²) < 4.78 is 3.50. The fraction of sp³-hybridized carbons (Fsp3) is 0.278. The van der Waals surface area contributed by atoms with Gasteiger partial charge >= 0.3 is 6.09 Å². The van der Waals surface area contributed by atoms with Crippen molar-refractivity contribution in [3.8, 4) is 0 Å². The van der Waals surface area contributed by atoms with Gasteiger partial charge in [0.15, 0.2) is 0 Å². The number of carbonyl (C=O) groups excluding carboxylic acids is 1. The first-order valence-corrected chi connectivity index (χ1v) is 8.64. The average molecular weight is 387 g/mol. The molecular formula is C18H18Cl3NO2. The van der Waals surface area contributed by atoms with Gasteiger partial charge < -0.3 is 9.64 Å². The van der Waals surface area contributed by atoms with Gasteiger partial charge in [-0.3, -0.25) is 0 Å². The van der Waals surface area contributed by atoms with Gasteiger partial charge in [0.2, 0.25) is 3.79 Å². The van der Waals surface area contributed by atoms with E-state index in [1.165, 1.54) is 0 Å². The van der Waals surface area contributed by atoms with Crippen molar-refractivity contribution in [2.45, 2.75) is 16.8 Å². The van der Waals surface area contributed by atoms with Crippen LogP contribution >= 0.6 is 34.8 Å². The lowest BCUT2D eigenvalue weighted by Crippen LogP contribution is -2.34. The quantitative estimate of drug-likeness (QED) is 0.636. The summed E-state index contributed by atoms with van der Waals surface area (Å²) in [5, 5.41) is 0. The number of halogens is 3. The molecule has 0 aliphatic rings. The fourth-order valence-electron chi connectivity index (χ4n) is 2.18. The monoisotopic (exact) mass is 385 g/mol. The molecule has 0 spiro atoms. The number of hydrogen-bond acceptors (Lipinski definition) is 2. The second kappa shape index (κ2) is 9.16. The molecule has 0 aromatic heterocycles. The molecule has 2 rings (SSSR count). The van der Waals surface area contributed by atoms with E-state index in [9.17, 15) is 4.79 Å². The summed E-state index contributed by atoms with van der Waals surface area (Å²) in [7, 11) is 0. The van der Waals surface area contributed by atoms with Gasteiger partial charge in [0.1, 0.15) is 6.61 Å². The average Bonchev–Trinajstić information content (AvgIpc) is 2.57. The lowest BCUT2D eigenvalue weighted by molar-refractivity contribution is 0.102. The van der Waals surface area contributed by atoms with E-state index < -0.39 is 9.89 Å². The van der Waals surface area contributed by atoms with Crippen LogP contribution in [0.5, 0.6) is 0 Å². The highest BCUT2D eigenvalue weighted by atomic mass is 35.6. The van der Waals surface area contributed by atoms with Crippen molar-refractivity contribution >= 4 is 40.9 Å². The summed E-state index contributed by atoms with van der Waals surface area (Å²) in [6.07, 6.45) is 0.220. The van der Waals surface area contributed by atoms with Gasteiger partial charge in [-0.05, 0) is 17.5 Å². The molecule has 0 bridgehead atoms. The molecule has 24 heavy (non-hydrogen) atoms. The summed E-state index contributed by atoms with van der Waals surface area (Å²) in [6, 6.07) is 19.6. The maximum absolute atomic E-state index is 12.3. The Morgan fingerprint density at radius 1 is 0.917 bits per heavy atom. The zero-order valence-electron chi connectivity index (χ0n) is 13.0. The molecule has 0 N–H and O–H groups in total. The predicted octanol–water partition coefficient (Wildman–Crippen LogP) is 5.24.